The monoisotopic (exact) mass is 240 g/mol. The second-order valence-electron chi connectivity index (χ2n) is 5.08. The number of hydrogen-bond donors (Lipinski definition) is 1. The van der Waals surface area contributed by atoms with E-state index in [1.807, 2.05) is 4.90 Å². The first-order valence-electron chi connectivity index (χ1n) is 6.24. The molecular weight excluding hydrogens is 220 g/mol. The third-order valence-corrected chi connectivity index (χ3v) is 4.20. The minimum atomic E-state index is 0.245. The van der Waals surface area contributed by atoms with Crippen molar-refractivity contribution in [3.05, 3.63) is 0 Å². The zero-order valence-electron chi connectivity index (χ0n) is 9.65. The lowest BCUT2D eigenvalue weighted by Gasteiger charge is -2.34. The van der Waals surface area contributed by atoms with Gasteiger partial charge in [-0.15, -0.1) is 0 Å². The highest BCUT2D eigenvalue weighted by molar-refractivity contribution is 7.80. The van der Waals surface area contributed by atoms with Crippen molar-refractivity contribution in [1.82, 2.24) is 4.90 Å². The van der Waals surface area contributed by atoms with E-state index in [0.29, 0.717) is 16.8 Å². The highest BCUT2D eigenvalue weighted by Crippen LogP contribution is 2.30. The maximum Gasteiger partial charge on any atom is 0.222 e. The molecule has 1 saturated carbocycles. The number of likely N-dealkylation sites (tertiary alicyclic amines) is 1. The van der Waals surface area contributed by atoms with E-state index in [2.05, 4.69) is 0 Å². The topological polar surface area (TPSA) is 46.3 Å². The summed E-state index contributed by atoms with van der Waals surface area (Å²) >= 11 is 5.02. The molecule has 3 nitrogen and oxygen atoms in total. The molecule has 2 fully saturated rings. The first-order valence-corrected chi connectivity index (χ1v) is 6.64. The molecule has 0 bridgehead atoms. The summed E-state index contributed by atoms with van der Waals surface area (Å²) in [5.74, 6) is 1.21. The predicted molar refractivity (Wildman–Crippen MR) is 68.0 cm³/mol. The fourth-order valence-electron chi connectivity index (χ4n) is 2.51. The summed E-state index contributed by atoms with van der Waals surface area (Å²) in [6.07, 6.45) is 6.59. The average molecular weight is 240 g/mol. The van der Waals surface area contributed by atoms with Gasteiger partial charge in [-0.3, -0.25) is 4.79 Å². The average Bonchev–Trinajstić information content (AvgIpc) is 2.23. The highest BCUT2D eigenvalue weighted by Gasteiger charge is 2.28. The lowest BCUT2D eigenvalue weighted by Crippen LogP contribution is -2.44. The second kappa shape index (κ2) is 5.13. The number of nitrogens with zero attached hydrogens (tertiary/aromatic N) is 1. The van der Waals surface area contributed by atoms with Crippen LogP contribution in [0.25, 0.3) is 0 Å². The Hall–Kier alpha value is -0.640. The SMILES string of the molecule is NC(=S)C1CCCN(C(=O)CC2CCC2)C1. The molecule has 90 valence electrons. The van der Waals surface area contributed by atoms with Gasteiger partial charge >= 0.3 is 0 Å². The van der Waals surface area contributed by atoms with Gasteiger partial charge in [-0.1, -0.05) is 18.6 Å². The summed E-state index contributed by atoms with van der Waals surface area (Å²) in [5, 5.41) is 0. The molecule has 0 aromatic carbocycles. The molecule has 1 aliphatic carbocycles. The molecule has 0 spiro atoms. The minimum absolute atomic E-state index is 0.245. The molecule has 2 N–H and O–H groups in total. The van der Waals surface area contributed by atoms with E-state index in [-0.39, 0.29) is 5.92 Å². The Kier molecular flexibility index (Phi) is 3.79. The van der Waals surface area contributed by atoms with Crippen LogP contribution in [0.5, 0.6) is 0 Å². The van der Waals surface area contributed by atoms with Crippen LogP contribution in [0.4, 0.5) is 0 Å². The summed E-state index contributed by atoms with van der Waals surface area (Å²) in [6, 6.07) is 0. The van der Waals surface area contributed by atoms with Gasteiger partial charge in [0.1, 0.15) is 0 Å². The van der Waals surface area contributed by atoms with Gasteiger partial charge in [0.2, 0.25) is 5.91 Å². The van der Waals surface area contributed by atoms with Crippen molar-refractivity contribution in [2.75, 3.05) is 13.1 Å². The summed E-state index contributed by atoms with van der Waals surface area (Å²) in [4.78, 5) is 14.5. The lowest BCUT2D eigenvalue weighted by atomic mass is 9.82. The molecule has 0 aromatic heterocycles. The highest BCUT2D eigenvalue weighted by atomic mass is 32.1. The van der Waals surface area contributed by atoms with E-state index < -0.39 is 0 Å². The Balaban J connectivity index is 1.83. The standard InChI is InChI=1S/C12H20N2OS/c13-12(16)10-5-2-6-14(8-10)11(15)7-9-3-1-4-9/h9-10H,1-8H2,(H2,13,16). The molecule has 4 heteroatoms. The van der Waals surface area contributed by atoms with Crippen LogP contribution >= 0.6 is 12.2 Å². The van der Waals surface area contributed by atoms with Crippen LogP contribution in [0.15, 0.2) is 0 Å². The van der Waals surface area contributed by atoms with Gasteiger partial charge in [0.25, 0.3) is 0 Å². The first-order chi connectivity index (χ1) is 7.66. The van der Waals surface area contributed by atoms with Crippen LogP contribution in [-0.4, -0.2) is 28.9 Å². The normalized spacial score (nSPS) is 26.2. The van der Waals surface area contributed by atoms with Crippen molar-refractivity contribution in [1.29, 1.82) is 0 Å². The van der Waals surface area contributed by atoms with E-state index in [9.17, 15) is 4.79 Å². The predicted octanol–water partition coefficient (Wildman–Crippen LogP) is 1.70. The van der Waals surface area contributed by atoms with Crippen LogP contribution in [-0.2, 0) is 4.79 Å². The smallest absolute Gasteiger partial charge is 0.222 e. The number of amides is 1. The van der Waals surface area contributed by atoms with Crippen LogP contribution < -0.4 is 5.73 Å². The molecule has 0 radical (unpaired) electrons. The third-order valence-electron chi connectivity index (χ3n) is 3.86. The van der Waals surface area contributed by atoms with Crippen molar-refractivity contribution >= 4 is 23.1 Å². The number of nitrogens with two attached hydrogens (primary N) is 1. The van der Waals surface area contributed by atoms with Gasteiger partial charge < -0.3 is 10.6 Å². The van der Waals surface area contributed by atoms with Gasteiger partial charge in [-0.25, -0.2) is 0 Å². The van der Waals surface area contributed by atoms with Gasteiger partial charge in [-0.2, -0.15) is 0 Å². The number of piperidine rings is 1. The van der Waals surface area contributed by atoms with Crippen LogP contribution in [0, 0.1) is 11.8 Å². The minimum Gasteiger partial charge on any atom is -0.393 e. The summed E-state index contributed by atoms with van der Waals surface area (Å²) < 4.78 is 0. The molecule has 1 heterocycles. The van der Waals surface area contributed by atoms with Crippen LogP contribution in [0.1, 0.15) is 38.5 Å². The number of thiocarbonyl (C=S) groups is 1. The molecular formula is C12H20N2OS. The Bertz CT molecular complexity index is 289. The number of rotatable bonds is 3. The van der Waals surface area contributed by atoms with E-state index in [4.69, 9.17) is 18.0 Å². The van der Waals surface area contributed by atoms with Crippen LogP contribution in [0.3, 0.4) is 0 Å². The maximum atomic E-state index is 12.0. The molecule has 1 unspecified atom stereocenters. The third kappa shape index (κ3) is 2.73. The van der Waals surface area contributed by atoms with Crippen molar-refractivity contribution in [2.24, 2.45) is 17.6 Å². The molecule has 0 aromatic rings. The van der Waals surface area contributed by atoms with Gasteiger partial charge in [0.05, 0.1) is 4.99 Å². The molecule has 2 rings (SSSR count). The Labute approximate surface area is 102 Å². The number of carbonyl (C=O) groups excluding carboxylic acids is 1. The zero-order chi connectivity index (χ0) is 11.5. The fraction of sp³-hybridized carbons (Fsp3) is 0.833. The Morgan fingerprint density at radius 3 is 2.62 bits per heavy atom. The molecule has 1 aliphatic heterocycles. The van der Waals surface area contributed by atoms with Crippen molar-refractivity contribution < 1.29 is 4.79 Å². The second-order valence-corrected chi connectivity index (χ2v) is 5.55. The van der Waals surface area contributed by atoms with E-state index in [1.54, 1.807) is 0 Å². The summed E-state index contributed by atoms with van der Waals surface area (Å²) in [6.45, 7) is 1.64. The Morgan fingerprint density at radius 2 is 2.06 bits per heavy atom. The number of hydrogen-bond acceptors (Lipinski definition) is 2. The fourth-order valence-corrected chi connectivity index (χ4v) is 2.70. The largest absolute Gasteiger partial charge is 0.393 e. The molecule has 16 heavy (non-hydrogen) atoms. The molecule has 1 amide bonds. The molecule has 1 atom stereocenters. The van der Waals surface area contributed by atoms with Crippen molar-refractivity contribution in [3.63, 3.8) is 0 Å². The van der Waals surface area contributed by atoms with Crippen molar-refractivity contribution in [2.45, 2.75) is 38.5 Å². The van der Waals surface area contributed by atoms with E-state index in [0.717, 1.165) is 32.4 Å². The quantitative estimate of drug-likeness (QED) is 0.764. The maximum absolute atomic E-state index is 12.0. The lowest BCUT2D eigenvalue weighted by molar-refractivity contribution is -0.134. The summed E-state index contributed by atoms with van der Waals surface area (Å²) in [7, 11) is 0. The van der Waals surface area contributed by atoms with E-state index in [1.165, 1.54) is 19.3 Å². The molecule has 1 saturated heterocycles. The summed E-state index contributed by atoms with van der Waals surface area (Å²) in [5.41, 5.74) is 5.66. The zero-order valence-corrected chi connectivity index (χ0v) is 10.5. The van der Waals surface area contributed by atoms with Crippen molar-refractivity contribution in [3.8, 4) is 0 Å². The first kappa shape index (κ1) is 11.8. The van der Waals surface area contributed by atoms with Gasteiger partial charge in [-0.05, 0) is 31.6 Å². The molecule has 2 aliphatic rings. The Morgan fingerprint density at radius 1 is 1.31 bits per heavy atom. The van der Waals surface area contributed by atoms with Gasteiger partial charge in [0, 0.05) is 25.4 Å². The van der Waals surface area contributed by atoms with Gasteiger partial charge in [0.15, 0.2) is 0 Å². The van der Waals surface area contributed by atoms with E-state index >= 15 is 0 Å². The number of carbonyl (C=O) groups is 1. The van der Waals surface area contributed by atoms with Crippen LogP contribution in [0.2, 0.25) is 0 Å².